The van der Waals surface area contributed by atoms with Crippen LogP contribution in [-0.2, 0) is 14.3 Å². The molecule has 0 aliphatic carbocycles. The number of benzene rings is 2. The van der Waals surface area contributed by atoms with Gasteiger partial charge in [0, 0.05) is 48.5 Å². The number of nitrogens with zero attached hydrogens (tertiary/aromatic N) is 1. The van der Waals surface area contributed by atoms with Crippen LogP contribution in [0.3, 0.4) is 0 Å². The molecule has 0 radical (unpaired) electrons. The fourth-order valence-corrected chi connectivity index (χ4v) is 4.23. The molecular weight excluding hydrogens is 572 g/mol. The molecule has 10 nitrogen and oxygen atoms in total. The van der Waals surface area contributed by atoms with Crippen LogP contribution >= 0.6 is 11.6 Å². The Hall–Kier alpha value is -3.79. The summed E-state index contributed by atoms with van der Waals surface area (Å²) in [4.78, 5) is 52.5. The largest absolute Gasteiger partial charge is 0.444 e. The summed E-state index contributed by atoms with van der Waals surface area (Å²) in [6.07, 6.45) is 0.272. The van der Waals surface area contributed by atoms with Crippen molar-refractivity contribution in [3.63, 3.8) is 0 Å². The zero-order valence-electron chi connectivity index (χ0n) is 26.2. The zero-order chi connectivity index (χ0) is 32.2. The quantitative estimate of drug-likeness (QED) is 0.194. The average molecular weight is 617 g/mol. The number of alkyl carbamates (subject to hydrolysis) is 2. The summed E-state index contributed by atoms with van der Waals surface area (Å²) in [6.45, 7) is 11.6. The van der Waals surface area contributed by atoms with Crippen LogP contribution in [0.5, 0.6) is 0 Å². The summed E-state index contributed by atoms with van der Waals surface area (Å²) in [7, 11) is 1.82. The van der Waals surface area contributed by atoms with Crippen LogP contribution in [-0.4, -0.2) is 67.8 Å². The lowest BCUT2D eigenvalue weighted by Gasteiger charge is -2.25. The van der Waals surface area contributed by atoms with Gasteiger partial charge in [-0.2, -0.15) is 0 Å². The van der Waals surface area contributed by atoms with Crippen LogP contribution in [0, 0.1) is 0 Å². The van der Waals surface area contributed by atoms with Crippen molar-refractivity contribution >= 4 is 41.2 Å². The first-order chi connectivity index (χ1) is 20.1. The van der Waals surface area contributed by atoms with Crippen LogP contribution in [0.2, 0.25) is 5.02 Å². The van der Waals surface area contributed by atoms with Gasteiger partial charge in [0.15, 0.2) is 5.78 Å². The fraction of sp³-hybridized carbons (Fsp3) is 0.500. The van der Waals surface area contributed by atoms with Crippen molar-refractivity contribution in [1.82, 2.24) is 16.0 Å². The Morgan fingerprint density at radius 3 is 2.09 bits per heavy atom. The Balaban J connectivity index is 1.99. The molecule has 236 valence electrons. The number of carbonyl (C=O) groups excluding carboxylic acids is 4. The van der Waals surface area contributed by atoms with Crippen molar-refractivity contribution in [2.75, 3.05) is 31.6 Å². The predicted molar refractivity (Wildman–Crippen MR) is 169 cm³/mol. The van der Waals surface area contributed by atoms with Crippen LogP contribution in [0.15, 0.2) is 48.5 Å². The maximum absolute atomic E-state index is 13.2. The number of unbranched alkanes of at least 4 members (excludes halogenated alkanes) is 1. The average Bonchev–Trinajstić information content (AvgIpc) is 2.90. The van der Waals surface area contributed by atoms with Crippen molar-refractivity contribution in [3.8, 4) is 0 Å². The Kier molecular flexibility index (Phi) is 13.3. The number of hydrogen-bond acceptors (Lipinski definition) is 7. The third kappa shape index (κ3) is 13.4. The summed E-state index contributed by atoms with van der Waals surface area (Å²) < 4.78 is 10.6. The van der Waals surface area contributed by atoms with E-state index in [2.05, 4.69) is 16.0 Å². The van der Waals surface area contributed by atoms with Gasteiger partial charge in [-0.15, -0.1) is 0 Å². The Morgan fingerprint density at radius 2 is 1.47 bits per heavy atom. The maximum Gasteiger partial charge on any atom is 0.408 e. The highest BCUT2D eigenvalue weighted by molar-refractivity contribution is 6.31. The molecule has 2 aromatic rings. The number of carbonyl (C=O) groups is 4. The number of rotatable bonds is 13. The van der Waals surface area contributed by atoms with Crippen LogP contribution in [0.1, 0.15) is 76.7 Å². The number of nitrogens with one attached hydrogen (secondary N) is 3. The SMILES string of the molecule is CN(CCNC(=O)[C@H](CCCCNC(=O)OC(C)(C)C)NC(=O)OC(C)(C)C)c1ccc(Cl)cc1C(=O)c1ccccc1. The lowest BCUT2D eigenvalue weighted by Crippen LogP contribution is -2.49. The van der Waals surface area contributed by atoms with Gasteiger partial charge in [-0.3, -0.25) is 9.59 Å². The lowest BCUT2D eigenvalue weighted by atomic mass is 10.0. The molecule has 0 aromatic heterocycles. The number of amides is 3. The van der Waals surface area contributed by atoms with Crippen LogP contribution in [0.4, 0.5) is 15.3 Å². The second-order valence-corrected chi connectivity index (χ2v) is 12.6. The molecule has 2 aromatic carbocycles. The van der Waals surface area contributed by atoms with Gasteiger partial charge >= 0.3 is 12.2 Å². The highest BCUT2D eigenvalue weighted by atomic mass is 35.5. The molecule has 0 aliphatic rings. The number of anilines is 1. The van der Waals surface area contributed by atoms with E-state index in [1.807, 2.05) is 18.0 Å². The third-order valence-corrected chi connectivity index (χ3v) is 6.23. The first-order valence-corrected chi connectivity index (χ1v) is 14.8. The molecule has 0 bridgehead atoms. The minimum atomic E-state index is -0.840. The van der Waals surface area contributed by atoms with Gasteiger partial charge in [0.2, 0.25) is 5.91 Å². The summed E-state index contributed by atoms with van der Waals surface area (Å²) in [5.41, 5.74) is 0.361. The van der Waals surface area contributed by atoms with E-state index in [0.717, 1.165) is 0 Å². The van der Waals surface area contributed by atoms with Crippen molar-refractivity contribution in [2.45, 2.75) is 78.0 Å². The molecule has 0 spiro atoms. The second kappa shape index (κ2) is 16.2. The molecule has 3 amide bonds. The Morgan fingerprint density at radius 1 is 0.837 bits per heavy atom. The predicted octanol–water partition coefficient (Wildman–Crippen LogP) is 5.71. The van der Waals surface area contributed by atoms with E-state index in [1.54, 1.807) is 84.0 Å². The molecule has 0 saturated heterocycles. The minimum absolute atomic E-state index is 0.156. The Bertz CT molecular complexity index is 1240. The minimum Gasteiger partial charge on any atom is -0.444 e. The maximum atomic E-state index is 13.2. The number of ketones is 1. The first-order valence-electron chi connectivity index (χ1n) is 14.4. The molecule has 43 heavy (non-hydrogen) atoms. The smallest absolute Gasteiger partial charge is 0.408 e. The summed E-state index contributed by atoms with van der Waals surface area (Å²) in [5.74, 6) is -0.521. The van der Waals surface area contributed by atoms with Crippen LogP contribution in [0.25, 0.3) is 0 Å². The van der Waals surface area contributed by atoms with E-state index in [9.17, 15) is 19.2 Å². The fourth-order valence-electron chi connectivity index (χ4n) is 4.06. The van der Waals surface area contributed by atoms with Gasteiger partial charge in [0.05, 0.1) is 0 Å². The van der Waals surface area contributed by atoms with Gasteiger partial charge in [-0.1, -0.05) is 41.9 Å². The molecule has 1 atom stereocenters. The van der Waals surface area contributed by atoms with Crippen molar-refractivity contribution < 1.29 is 28.7 Å². The van der Waals surface area contributed by atoms with Gasteiger partial charge in [0.25, 0.3) is 0 Å². The summed E-state index contributed by atoms with van der Waals surface area (Å²) >= 11 is 6.22. The molecule has 0 aliphatic heterocycles. The normalized spacial score (nSPS) is 12.1. The number of likely N-dealkylation sites (N-methyl/N-ethyl adjacent to an activating group) is 1. The van der Waals surface area contributed by atoms with Gasteiger partial charge in [0.1, 0.15) is 17.2 Å². The zero-order valence-corrected chi connectivity index (χ0v) is 27.0. The van der Waals surface area contributed by atoms with E-state index >= 15 is 0 Å². The topological polar surface area (TPSA) is 126 Å². The second-order valence-electron chi connectivity index (χ2n) is 12.2. The summed E-state index contributed by atoms with van der Waals surface area (Å²) in [5, 5.41) is 8.68. The molecule has 11 heteroatoms. The van der Waals surface area contributed by atoms with E-state index in [0.29, 0.717) is 54.2 Å². The molecule has 2 rings (SSSR count). The molecule has 3 N–H and O–H groups in total. The highest BCUT2D eigenvalue weighted by Gasteiger charge is 2.24. The third-order valence-electron chi connectivity index (χ3n) is 5.99. The van der Waals surface area contributed by atoms with E-state index in [1.165, 1.54) is 0 Å². The van der Waals surface area contributed by atoms with E-state index < -0.39 is 29.4 Å². The standard InChI is InChI=1S/C32H45ClN4O6/c1-31(2,3)42-29(40)35-18-12-11-15-25(36-30(41)43-32(4,5)6)28(39)34-19-20-37(7)26-17-16-23(33)21-24(26)27(38)22-13-9-8-10-14-22/h8-10,13-14,16-17,21,25H,11-12,15,18-20H2,1-7H3,(H,34,39)(H,35,40)(H,36,41)/t25-/m0/s1. The molecule has 0 fully saturated rings. The molecule has 0 saturated carbocycles. The monoisotopic (exact) mass is 616 g/mol. The number of hydrogen-bond donors (Lipinski definition) is 3. The molecule has 0 unspecified atom stereocenters. The molecule has 0 heterocycles. The first kappa shape index (κ1) is 35.4. The molecular formula is C32H45ClN4O6. The van der Waals surface area contributed by atoms with Crippen molar-refractivity contribution in [3.05, 3.63) is 64.7 Å². The van der Waals surface area contributed by atoms with E-state index in [-0.39, 0.29) is 18.2 Å². The van der Waals surface area contributed by atoms with Gasteiger partial charge in [-0.25, -0.2) is 9.59 Å². The van der Waals surface area contributed by atoms with Gasteiger partial charge < -0.3 is 30.3 Å². The van der Waals surface area contributed by atoms with Crippen LogP contribution < -0.4 is 20.9 Å². The van der Waals surface area contributed by atoms with Crippen molar-refractivity contribution in [1.29, 1.82) is 0 Å². The lowest BCUT2D eigenvalue weighted by molar-refractivity contribution is -0.123. The van der Waals surface area contributed by atoms with Crippen molar-refractivity contribution in [2.24, 2.45) is 0 Å². The summed E-state index contributed by atoms with van der Waals surface area (Å²) in [6, 6.07) is 13.2. The van der Waals surface area contributed by atoms with E-state index in [4.69, 9.17) is 21.1 Å². The van der Waals surface area contributed by atoms with Gasteiger partial charge in [-0.05, 0) is 79.0 Å². The highest BCUT2D eigenvalue weighted by Crippen LogP contribution is 2.26. The number of halogens is 1. The number of ether oxygens (including phenoxy) is 2. The Labute approximate surface area is 259 Å².